The molecule has 1 aromatic heterocycles. The normalized spacial score (nSPS) is 13.5. The van der Waals surface area contributed by atoms with Gasteiger partial charge in [-0.15, -0.1) is 0 Å². The summed E-state index contributed by atoms with van der Waals surface area (Å²) >= 11 is 6.24. The third-order valence-corrected chi connectivity index (χ3v) is 7.21. The summed E-state index contributed by atoms with van der Waals surface area (Å²) in [7, 11) is -1.97. The summed E-state index contributed by atoms with van der Waals surface area (Å²) in [6.07, 6.45) is 2.00. The highest BCUT2D eigenvalue weighted by atomic mass is 35.5. The van der Waals surface area contributed by atoms with Gasteiger partial charge in [-0.25, -0.2) is 8.42 Å². The maximum absolute atomic E-state index is 12.7. The Bertz CT molecular complexity index is 1030. The molecule has 0 unspecified atom stereocenters. The lowest BCUT2D eigenvalue weighted by Gasteiger charge is -2.20. The minimum absolute atomic E-state index is 0.109. The van der Waals surface area contributed by atoms with Crippen LogP contribution in [0, 0.1) is 0 Å². The van der Waals surface area contributed by atoms with Crippen LogP contribution in [0.1, 0.15) is 29.9 Å². The number of hydrogen-bond acceptors (Lipinski definition) is 5. The lowest BCUT2D eigenvalue weighted by Crippen LogP contribution is -2.30. The fourth-order valence-corrected chi connectivity index (χ4v) is 5.15. The number of nitrogens with one attached hydrogen (secondary N) is 1. The average Bonchev–Trinajstić information content (AvgIpc) is 3.11. The molecule has 3 rings (SSSR count). The van der Waals surface area contributed by atoms with Gasteiger partial charge in [0.25, 0.3) is 5.91 Å². The van der Waals surface area contributed by atoms with E-state index in [4.69, 9.17) is 21.1 Å². The molecule has 8 nitrogen and oxygen atoms in total. The Balaban J connectivity index is 1.66. The van der Waals surface area contributed by atoms with E-state index in [0.717, 1.165) is 5.56 Å². The van der Waals surface area contributed by atoms with Gasteiger partial charge < -0.3 is 19.4 Å². The van der Waals surface area contributed by atoms with Crippen LogP contribution in [0.4, 0.5) is 0 Å². The van der Waals surface area contributed by atoms with E-state index in [-0.39, 0.29) is 16.5 Å². The van der Waals surface area contributed by atoms with E-state index in [9.17, 15) is 13.2 Å². The molecule has 2 aromatic rings. The van der Waals surface area contributed by atoms with Gasteiger partial charge in [0.2, 0.25) is 10.0 Å². The number of ether oxygens (including phenoxy) is 2. The molecule has 1 amide bonds. The largest absolute Gasteiger partial charge is 0.486 e. The summed E-state index contributed by atoms with van der Waals surface area (Å²) < 4.78 is 39.3. The summed E-state index contributed by atoms with van der Waals surface area (Å²) in [6.45, 7) is 5.59. The molecular weight excluding hydrogens is 430 g/mol. The van der Waals surface area contributed by atoms with Crippen molar-refractivity contribution < 1.29 is 22.7 Å². The molecule has 0 spiro atoms. The molecule has 0 saturated carbocycles. The van der Waals surface area contributed by atoms with E-state index in [1.165, 1.54) is 21.1 Å². The minimum Gasteiger partial charge on any atom is -0.486 e. The SMILES string of the molecule is CCN(CC)S(=O)(=O)c1cc(C(=O)NCCc2cc(Cl)c3c(c2)OCCO3)n(C)c1. The van der Waals surface area contributed by atoms with Crippen molar-refractivity contribution in [3.8, 4) is 11.5 Å². The Morgan fingerprint density at radius 1 is 1.20 bits per heavy atom. The summed E-state index contributed by atoms with van der Waals surface area (Å²) in [6, 6.07) is 5.05. The van der Waals surface area contributed by atoms with Crippen LogP contribution < -0.4 is 14.8 Å². The predicted molar refractivity (Wildman–Crippen MR) is 114 cm³/mol. The first-order chi connectivity index (χ1) is 14.3. The van der Waals surface area contributed by atoms with Gasteiger partial charge in [-0.3, -0.25) is 4.79 Å². The van der Waals surface area contributed by atoms with Gasteiger partial charge in [0.1, 0.15) is 23.8 Å². The van der Waals surface area contributed by atoms with Gasteiger partial charge >= 0.3 is 0 Å². The van der Waals surface area contributed by atoms with Crippen molar-refractivity contribution in [3.63, 3.8) is 0 Å². The third-order valence-electron chi connectivity index (χ3n) is 4.91. The zero-order chi connectivity index (χ0) is 21.9. The van der Waals surface area contributed by atoms with E-state index in [2.05, 4.69) is 5.32 Å². The van der Waals surface area contributed by atoms with Gasteiger partial charge in [0.15, 0.2) is 11.5 Å². The van der Waals surface area contributed by atoms with E-state index in [0.29, 0.717) is 55.8 Å². The Morgan fingerprint density at radius 3 is 2.60 bits per heavy atom. The molecule has 10 heteroatoms. The first-order valence-electron chi connectivity index (χ1n) is 9.80. The highest BCUT2D eigenvalue weighted by Gasteiger charge is 2.25. The number of benzene rings is 1. The molecule has 0 radical (unpaired) electrons. The summed E-state index contributed by atoms with van der Waals surface area (Å²) in [5.74, 6) is 0.798. The van der Waals surface area contributed by atoms with Crippen molar-refractivity contribution in [2.24, 2.45) is 7.05 Å². The number of sulfonamides is 1. The molecule has 0 bridgehead atoms. The lowest BCUT2D eigenvalue weighted by molar-refractivity contribution is 0.0946. The van der Waals surface area contributed by atoms with Crippen LogP contribution in [0.5, 0.6) is 11.5 Å². The monoisotopic (exact) mass is 455 g/mol. The fourth-order valence-electron chi connectivity index (χ4n) is 3.33. The molecule has 164 valence electrons. The van der Waals surface area contributed by atoms with Crippen LogP contribution in [0.3, 0.4) is 0 Å². The maximum atomic E-state index is 12.7. The van der Waals surface area contributed by atoms with Gasteiger partial charge in [0.05, 0.1) is 5.02 Å². The van der Waals surface area contributed by atoms with Crippen LogP contribution in [0.15, 0.2) is 29.3 Å². The fraction of sp³-hybridized carbons (Fsp3) is 0.450. The van der Waals surface area contributed by atoms with Crippen LogP contribution in [-0.4, -0.2) is 56.0 Å². The van der Waals surface area contributed by atoms with Crippen LogP contribution in [0.25, 0.3) is 0 Å². The average molecular weight is 456 g/mol. The second-order valence-electron chi connectivity index (χ2n) is 6.87. The Morgan fingerprint density at radius 2 is 1.90 bits per heavy atom. The Labute approximate surface area is 181 Å². The number of carbonyl (C=O) groups excluding carboxylic acids is 1. The van der Waals surface area contributed by atoms with Gasteiger partial charge in [-0.05, 0) is 30.2 Å². The van der Waals surface area contributed by atoms with Crippen LogP contribution in [0.2, 0.25) is 5.02 Å². The topological polar surface area (TPSA) is 89.9 Å². The molecule has 1 aliphatic heterocycles. The molecule has 0 atom stereocenters. The van der Waals surface area contributed by atoms with Crippen molar-refractivity contribution in [2.45, 2.75) is 25.2 Å². The summed E-state index contributed by atoms with van der Waals surface area (Å²) in [5, 5.41) is 3.30. The minimum atomic E-state index is -3.62. The zero-order valence-electron chi connectivity index (χ0n) is 17.3. The predicted octanol–water partition coefficient (Wildman–Crippen LogP) is 2.45. The standard InChI is InChI=1S/C20H26ClN3O5S/c1-4-24(5-2)30(26,27)15-12-17(23(3)13-15)20(25)22-7-6-14-10-16(21)19-18(11-14)28-8-9-29-19/h10-13H,4-9H2,1-3H3,(H,22,25). The number of halogens is 1. The first-order valence-corrected chi connectivity index (χ1v) is 11.6. The van der Waals surface area contributed by atoms with Gasteiger partial charge in [0, 0.05) is 32.9 Å². The van der Waals surface area contributed by atoms with Gasteiger partial charge in [-0.2, -0.15) is 4.31 Å². The number of carbonyl (C=O) groups is 1. The maximum Gasteiger partial charge on any atom is 0.267 e. The zero-order valence-corrected chi connectivity index (χ0v) is 18.8. The number of rotatable bonds is 8. The highest BCUT2D eigenvalue weighted by Crippen LogP contribution is 2.38. The summed E-state index contributed by atoms with van der Waals surface area (Å²) in [4.78, 5) is 12.7. The second-order valence-corrected chi connectivity index (χ2v) is 9.21. The highest BCUT2D eigenvalue weighted by molar-refractivity contribution is 7.89. The van der Waals surface area contributed by atoms with Gasteiger partial charge in [-0.1, -0.05) is 25.4 Å². The first kappa shape index (κ1) is 22.5. The second kappa shape index (κ2) is 9.28. The number of aromatic nitrogens is 1. The van der Waals surface area contributed by atoms with Crippen LogP contribution >= 0.6 is 11.6 Å². The quantitative estimate of drug-likeness (QED) is 0.660. The van der Waals surface area contributed by atoms with E-state index < -0.39 is 10.0 Å². The third kappa shape index (κ3) is 4.58. The molecule has 30 heavy (non-hydrogen) atoms. The van der Waals surface area contributed by atoms with Crippen molar-refractivity contribution in [1.82, 2.24) is 14.2 Å². The van der Waals surface area contributed by atoms with E-state index >= 15 is 0 Å². The number of nitrogens with zero attached hydrogens (tertiary/aromatic N) is 2. The lowest BCUT2D eigenvalue weighted by atomic mass is 10.1. The smallest absolute Gasteiger partial charge is 0.267 e. The molecular formula is C20H26ClN3O5S. The van der Waals surface area contributed by atoms with Crippen molar-refractivity contribution in [3.05, 3.63) is 40.7 Å². The van der Waals surface area contributed by atoms with Crippen molar-refractivity contribution >= 4 is 27.5 Å². The molecule has 1 N–H and O–H groups in total. The van der Waals surface area contributed by atoms with Crippen molar-refractivity contribution in [1.29, 1.82) is 0 Å². The van der Waals surface area contributed by atoms with E-state index in [1.807, 2.05) is 6.07 Å². The number of fused-ring (bicyclic) bond motifs is 1. The molecule has 0 fully saturated rings. The molecule has 1 aliphatic rings. The molecule has 0 aliphatic carbocycles. The number of amides is 1. The van der Waals surface area contributed by atoms with E-state index in [1.54, 1.807) is 27.0 Å². The molecule has 2 heterocycles. The Kier molecular flexibility index (Phi) is 6.95. The number of hydrogen-bond donors (Lipinski definition) is 1. The number of aryl methyl sites for hydroxylation is 1. The summed E-state index contributed by atoms with van der Waals surface area (Å²) in [5.41, 5.74) is 1.18. The Hall–Kier alpha value is -2.23. The van der Waals surface area contributed by atoms with Crippen LogP contribution in [-0.2, 0) is 23.5 Å². The molecule has 1 aromatic carbocycles. The molecule has 0 saturated heterocycles. The van der Waals surface area contributed by atoms with Crippen molar-refractivity contribution in [2.75, 3.05) is 32.8 Å².